The molecule has 1 heterocycles. The number of halogens is 1. The molecule has 6 heteroatoms. The van der Waals surface area contributed by atoms with E-state index in [0.29, 0.717) is 11.6 Å². The molecule has 1 aromatic heterocycles. The van der Waals surface area contributed by atoms with E-state index in [1.165, 1.54) is 11.8 Å². The fourth-order valence-corrected chi connectivity index (χ4v) is 3.13. The summed E-state index contributed by atoms with van der Waals surface area (Å²) in [4.78, 5) is 12.6. The van der Waals surface area contributed by atoms with Crippen molar-refractivity contribution in [3.05, 3.63) is 71.9 Å². The summed E-state index contributed by atoms with van der Waals surface area (Å²) in [5, 5.41) is 8.04. The molecule has 2 aromatic carbocycles. The highest BCUT2D eigenvalue weighted by atomic mass is 35.5. The summed E-state index contributed by atoms with van der Waals surface area (Å²) in [7, 11) is 0. The highest BCUT2D eigenvalue weighted by molar-refractivity contribution is 7.99. The van der Waals surface area contributed by atoms with Crippen molar-refractivity contribution < 1.29 is 4.79 Å². The van der Waals surface area contributed by atoms with Crippen LogP contribution in [0.4, 0.5) is 0 Å². The third kappa shape index (κ3) is 3.37. The zero-order chi connectivity index (χ0) is 15.4. The lowest BCUT2D eigenvalue weighted by atomic mass is 10.2. The van der Waals surface area contributed by atoms with E-state index < -0.39 is 5.24 Å². The SMILES string of the molecule is O=C(Cl)c1nnn(Cc2ccccc2)c1Sc1ccccc1. The van der Waals surface area contributed by atoms with Crippen molar-refractivity contribution in [2.24, 2.45) is 0 Å². The minimum atomic E-state index is -0.599. The van der Waals surface area contributed by atoms with Gasteiger partial charge in [0.25, 0.3) is 5.24 Å². The van der Waals surface area contributed by atoms with Crippen molar-refractivity contribution in [1.82, 2.24) is 15.0 Å². The summed E-state index contributed by atoms with van der Waals surface area (Å²) in [6, 6.07) is 19.6. The molecule has 22 heavy (non-hydrogen) atoms. The van der Waals surface area contributed by atoms with E-state index in [1.54, 1.807) is 4.68 Å². The van der Waals surface area contributed by atoms with Gasteiger partial charge in [0, 0.05) is 4.90 Å². The molecule has 0 fully saturated rings. The van der Waals surface area contributed by atoms with Crippen LogP contribution in [0.2, 0.25) is 0 Å². The largest absolute Gasteiger partial charge is 0.275 e. The summed E-state index contributed by atoms with van der Waals surface area (Å²) in [5.74, 6) is 0. The third-order valence-electron chi connectivity index (χ3n) is 3.01. The van der Waals surface area contributed by atoms with E-state index in [2.05, 4.69) is 10.3 Å². The summed E-state index contributed by atoms with van der Waals surface area (Å²) in [6.45, 7) is 0.535. The summed E-state index contributed by atoms with van der Waals surface area (Å²) < 4.78 is 1.70. The first-order chi connectivity index (χ1) is 10.7. The van der Waals surface area contributed by atoms with Gasteiger partial charge in [0.2, 0.25) is 0 Å². The molecule has 0 spiro atoms. The highest BCUT2D eigenvalue weighted by Crippen LogP contribution is 2.30. The lowest BCUT2D eigenvalue weighted by molar-refractivity contribution is 0.107. The smallest absolute Gasteiger partial charge is 0.274 e. The molecule has 0 saturated carbocycles. The first-order valence-electron chi connectivity index (χ1n) is 6.64. The predicted molar refractivity (Wildman–Crippen MR) is 86.3 cm³/mol. The topological polar surface area (TPSA) is 47.8 Å². The number of carbonyl (C=O) groups is 1. The van der Waals surface area contributed by atoms with Crippen LogP contribution in [0.5, 0.6) is 0 Å². The van der Waals surface area contributed by atoms with Gasteiger partial charge in [-0.3, -0.25) is 4.79 Å². The Kier molecular flexibility index (Phi) is 4.56. The molecule has 0 amide bonds. The normalized spacial score (nSPS) is 10.6. The molecular formula is C16H12ClN3OS. The zero-order valence-corrected chi connectivity index (χ0v) is 13.1. The number of hydrogen-bond donors (Lipinski definition) is 0. The van der Waals surface area contributed by atoms with Gasteiger partial charge in [0.1, 0.15) is 5.03 Å². The number of nitrogens with zero attached hydrogens (tertiary/aromatic N) is 3. The van der Waals surface area contributed by atoms with Crippen LogP contribution in [-0.2, 0) is 6.54 Å². The molecular weight excluding hydrogens is 318 g/mol. The van der Waals surface area contributed by atoms with Gasteiger partial charge in [0.05, 0.1) is 6.54 Å². The molecule has 0 aliphatic carbocycles. The molecule has 0 aliphatic rings. The molecule has 0 N–H and O–H groups in total. The van der Waals surface area contributed by atoms with Crippen LogP contribution in [-0.4, -0.2) is 20.2 Å². The van der Waals surface area contributed by atoms with Crippen molar-refractivity contribution in [3.63, 3.8) is 0 Å². The molecule has 0 atom stereocenters. The number of hydrogen-bond acceptors (Lipinski definition) is 4. The van der Waals surface area contributed by atoms with E-state index in [0.717, 1.165) is 10.5 Å². The summed E-state index contributed by atoms with van der Waals surface area (Å²) in [6.07, 6.45) is 0. The van der Waals surface area contributed by atoms with Crippen LogP contribution >= 0.6 is 23.4 Å². The van der Waals surface area contributed by atoms with Crippen molar-refractivity contribution in [2.75, 3.05) is 0 Å². The maximum Gasteiger partial charge on any atom is 0.275 e. The average Bonchev–Trinajstić information content (AvgIpc) is 2.92. The van der Waals surface area contributed by atoms with Gasteiger partial charge in [0.15, 0.2) is 5.69 Å². The van der Waals surface area contributed by atoms with Crippen LogP contribution in [0.1, 0.15) is 16.1 Å². The van der Waals surface area contributed by atoms with Gasteiger partial charge in [-0.25, -0.2) is 4.68 Å². The van der Waals surface area contributed by atoms with E-state index >= 15 is 0 Å². The van der Waals surface area contributed by atoms with Gasteiger partial charge in [-0.15, -0.1) is 5.10 Å². The Hall–Kier alpha value is -2.11. The van der Waals surface area contributed by atoms with Gasteiger partial charge in [-0.2, -0.15) is 0 Å². The Morgan fingerprint density at radius 1 is 1.05 bits per heavy atom. The summed E-state index contributed by atoms with van der Waals surface area (Å²) in [5.41, 5.74) is 1.27. The van der Waals surface area contributed by atoms with Crippen molar-refractivity contribution in [1.29, 1.82) is 0 Å². The van der Waals surface area contributed by atoms with Gasteiger partial charge in [-0.1, -0.05) is 65.5 Å². The van der Waals surface area contributed by atoms with Crippen LogP contribution < -0.4 is 0 Å². The molecule has 3 aromatic rings. The second-order valence-corrected chi connectivity index (χ2v) is 5.98. The molecule has 0 aliphatic heterocycles. The quantitative estimate of drug-likeness (QED) is 0.667. The molecule has 0 radical (unpaired) electrons. The number of carbonyl (C=O) groups excluding carboxylic acids is 1. The van der Waals surface area contributed by atoms with Crippen LogP contribution in [0.25, 0.3) is 0 Å². The minimum Gasteiger partial charge on any atom is -0.274 e. The molecule has 0 saturated heterocycles. The standard InChI is InChI=1S/C16H12ClN3OS/c17-15(21)14-16(22-13-9-5-2-6-10-13)20(19-18-14)11-12-7-3-1-4-8-12/h1-10H,11H2. The molecule has 110 valence electrons. The molecule has 0 bridgehead atoms. The first kappa shape index (κ1) is 14.8. The van der Waals surface area contributed by atoms with E-state index in [4.69, 9.17) is 11.6 Å². The van der Waals surface area contributed by atoms with Crippen LogP contribution in [0, 0.1) is 0 Å². The molecule has 0 unspecified atom stereocenters. The lowest BCUT2D eigenvalue weighted by Crippen LogP contribution is -2.04. The Balaban J connectivity index is 1.95. The predicted octanol–water partition coefficient (Wildman–Crippen LogP) is 3.86. The van der Waals surface area contributed by atoms with Gasteiger partial charge >= 0.3 is 0 Å². The van der Waals surface area contributed by atoms with Crippen molar-refractivity contribution in [3.8, 4) is 0 Å². The maximum absolute atomic E-state index is 11.6. The van der Waals surface area contributed by atoms with E-state index in [9.17, 15) is 4.79 Å². The number of benzene rings is 2. The second kappa shape index (κ2) is 6.77. The summed E-state index contributed by atoms with van der Waals surface area (Å²) >= 11 is 7.05. The Morgan fingerprint density at radius 2 is 1.68 bits per heavy atom. The fourth-order valence-electron chi connectivity index (χ4n) is 1.99. The maximum atomic E-state index is 11.6. The second-order valence-electron chi connectivity index (χ2n) is 4.58. The minimum absolute atomic E-state index is 0.187. The van der Waals surface area contributed by atoms with Crippen LogP contribution in [0.3, 0.4) is 0 Å². The number of aromatic nitrogens is 3. The lowest BCUT2D eigenvalue weighted by Gasteiger charge is -2.07. The van der Waals surface area contributed by atoms with E-state index in [-0.39, 0.29) is 5.69 Å². The zero-order valence-electron chi connectivity index (χ0n) is 11.5. The first-order valence-corrected chi connectivity index (χ1v) is 7.83. The Labute approximate surface area is 137 Å². The molecule has 3 rings (SSSR count). The van der Waals surface area contributed by atoms with E-state index in [1.807, 2.05) is 60.7 Å². The highest BCUT2D eigenvalue weighted by Gasteiger charge is 2.19. The fraction of sp³-hybridized carbons (Fsp3) is 0.0625. The number of rotatable bonds is 5. The average molecular weight is 330 g/mol. The van der Waals surface area contributed by atoms with Crippen molar-refractivity contribution >= 4 is 28.6 Å². The van der Waals surface area contributed by atoms with Gasteiger partial charge in [-0.05, 0) is 29.3 Å². The van der Waals surface area contributed by atoms with Crippen molar-refractivity contribution in [2.45, 2.75) is 16.5 Å². The Bertz CT molecular complexity index is 775. The molecule has 4 nitrogen and oxygen atoms in total. The third-order valence-corrected chi connectivity index (χ3v) is 4.29. The Morgan fingerprint density at radius 3 is 2.32 bits per heavy atom. The van der Waals surface area contributed by atoms with Crippen LogP contribution in [0.15, 0.2) is 70.6 Å². The monoisotopic (exact) mass is 329 g/mol. The van der Waals surface area contributed by atoms with Gasteiger partial charge < -0.3 is 0 Å².